The van der Waals surface area contributed by atoms with Crippen LogP contribution in [0, 0.1) is 0 Å². The topological polar surface area (TPSA) is 63.8 Å². The lowest BCUT2D eigenvalue weighted by atomic mass is 10.1. The first kappa shape index (κ1) is 8.77. The molecule has 0 fully saturated rings. The highest BCUT2D eigenvalue weighted by molar-refractivity contribution is 5.56. The van der Waals surface area contributed by atoms with Crippen molar-refractivity contribution >= 4 is 11.6 Å². The van der Waals surface area contributed by atoms with Crippen molar-refractivity contribution in [3.8, 4) is 0 Å². The van der Waals surface area contributed by atoms with Crippen molar-refractivity contribution in [1.82, 2.24) is 9.97 Å². The van der Waals surface area contributed by atoms with Gasteiger partial charge in [-0.25, -0.2) is 9.97 Å². The fourth-order valence-electron chi connectivity index (χ4n) is 0.800. The van der Waals surface area contributed by atoms with Crippen LogP contribution in [-0.4, -0.2) is 15.5 Å². The van der Waals surface area contributed by atoms with Crippen LogP contribution in [0.5, 0.6) is 0 Å². The van der Waals surface area contributed by atoms with Gasteiger partial charge in [0.1, 0.15) is 0 Å². The molecule has 0 saturated heterocycles. The molecule has 0 aromatic carbocycles. The van der Waals surface area contributed by atoms with Crippen LogP contribution < -0.4 is 11.1 Å². The molecule has 0 radical (unpaired) electrons. The van der Waals surface area contributed by atoms with Gasteiger partial charge in [-0.1, -0.05) is 0 Å². The number of rotatable bonds is 1. The van der Waals surface area contributed by atoms with Crippen LogP contribution in [0.2, 0.25) is 0 Å². The zero-order valence-corrected chi connectivity index (χ0v) is 7.63. The average Bonchev–Trinajstić information content (AvgIpc) is 1.91. The monoisotopic (exact) mass is 166 g/mol. The Bertz CT molecular complexity index is 264. The predicted molar refractivity (Wildman–Crippen MR) is 49.8 cm³/mol. The molecule has 0 bridgehead atoms. The van der Waals surface area contributed by atoms with Crippen molar-refractivity contribution < 1.29 is 0 Å². The molecule has 0 spiro atoms. The Hall–Kier alpha value is -1.32. The molecular weight excluding hydrogens is 152 g/mol. The molecule has 4 heteroatoms. The van der Waals surface area contributed by atoms with E-state index in [0.717, 1.165) is 0 Å². The molecule has 1 aromatic rings. The lowest BCUT2D eigenvalue weighted by Gasteiger charge is -2.21. The Balaban J connectivity index is 2.83. The highest BCUT2D eigenvalue weighted by Crippen LogP contribution is 2.15. The third-order valence-electron chi connectivity index (χ3n) is 1.22. The number of nitrogens with zero attached hydrogens (tertiary/aromatic N) is 2. The highest BCUT2D eigenvalue weighted by atomic mass is 15.1. The number of nitrogens with two attached hydrogens (primary N) is 1. The van der Waals surface area contributed by atoms with Crippen LogP contribution in [0.15, 0.2) is 12.4 Å². The van der Waals surface area contributed by atoms with Gasteiger partial charge in [-0.2, -0.15) is 0 Å². The van der Waals surface area contributed by atoms with Gasteiger partial charge in [0.25, 0.3) is 0 Å². The van der Waals surface area contributed by atoms with Gasteiger partial charge in [-0.3, -0.25) is 0 Å². The zero-order valence-electron chi connectivity index (χ0n) is 7.63. The van der Waals surface area contributed by atoms with Crippen molar-refractivity contribution in [2.75, 3.05) is 11.1 Å². The normalized spacial score (nSPS) is 11.2. The Labute approximate surface area is 72.2 Å². The number of nitrogen functional groups attached to an aromatic ring is 1. The Morgan fingerprint density at radius 1 is 1.25 bits per heavy atom. The second-order valence-electron chi connectivity index (χ2n) is 3.67. The van der Waals surface area contributed by atoms with Gasteiger partial charge >= 0.3 is 0 Å². The molecule has 0 saturated carbocycles. The molecule has 0 aliphatic heterocycles. The molecule has 66 valence electrons. The summed E-state index contributed by atoms with van der Waals surface area (Å²) in [6.45, 7) is 6.13. The summed E-state index contributed by atoms with van der Waals surface area (Å²) < 4.78 is 0. The average molecular weight is 166 g/mol. The van der Waals surface area contributed by atoms with Crippen LogP contribution in [0.4, 0.5) is 11.6 Å². The minimum atomic E-state index is -0.0375. The van der Waals surface area contributed by atoms with Crippen molar-refractivity contribution in [2.45, 2.75) is 26.3 Å². The first-order valence-electron chi connectivity index (χ1n) is 3.84. The summed E-state index contributed by atoms with van der Waals surface area (Å²) in [6, 6.07) is 0. The summed E-state index contributed by atoms with van der Waals surface area (Å²) in [5.74, 6) is 1.08. The first-order chi connectivity index (χ1) is 5.49. The lowest BCUT2D eigenvalue weighted by Crippen LogP contribution is -2.27. The Morgan fingerprint density at radius 3 is 2.33 bits per heavy atom. The van der Waals surface area contributed by atoms with Crippen LogP contribution in [0.25, 0.3) is 0 Å². The van der Waals surface area contributed by atoms with E-state index in [1.807, 2.05) is 20.8 Å². The van der Waals surface area contributed by atoms with Gasteiger partial charge in [-0.15, -0.1) is 0 Å². The van der Waals surface area contributed by atoms with Gasteiger partial charge in [0.05, 0.1) is 0 Å². The fraction of sp³-hybridized carbons (Fsp3) is 0.500. The summed E-state index contributed by atoms with van der Waals surface area (Å²) in [4.78, 5) is 7.98. The van der Waals surface area contributed by atoms with Gasteiger partial charge in [0, 0.05) is 17.9 Å². The standard InChI is InChI=1S/C8H14N4/c1-8(2,3)12-7-6(9)10-4-5-11-7/h4-5H,1-3H3,(H2,9,10)(H,11,12). The van der Waals surface area contributed by atoms with Crippen molar-refractivity contribution in [1.29, 1.82) is 0 Å². The van der Waals surface area contributed by atoms with Crippen molar-refractivity contribution in [3.63, 3.8) is 0 Å². The summed E-state index contributed by atoms with van der Waals surface area (Å²) in [5.41, 5.74) is 5.55. The molecule has 4 nitrogen and oxygen atoms in total. The van der Waals surface area contributed by atoms with Gasteiger partial charge in [-0.05, 0) is 20.8 Å². The minimum absolute atomic E-state index is 0.0375. The largest absolute Gasteiger partial charge is 0.381 e. The van der Waals surface area contributed by atoms with Crippen molar-refractivity contribution in [2.24, 2.45) is 0 Å². The molecule has 1 aromatic heterocycles. The maximum absolute atomic E-state index is 5.59. The fourth-order valence-corrected chi connectivity index (χ4v) is 0.800. The third-order valence-corrected chi connectivity index (χ3v) is 1.22. The molecule has 1 heterocycles. The van der Waals surface area contributed by atoms with Crippen LogP contribution in [-0.2, 0) is 0 Å². The minimum Gasteiger partial charge on any atom is -0.381 e. The van der Waals surface area contributed by atoms with E-state index in [4.69, 9.17) is 5.73 Å². The highest BCUT2D eigenvalue weighted by Gasteiger charge is 2.11. The SMILES string of the molecule is CC(C)(C)Nc1nccnc1N. The van der Waals surface area contributed by atoms with Crippen molar-refractivity contribution in [3.05, 3.63) is 12.4 Å². The van der Waals surface area contributed by atoms with E-state index >= 15 is 0 Å². The number of nitrogens with one attached hydrogen (secondary N) is 1. The Morgan fingerprint density at radius 2 is 1.83 bits per heavy atom. The molecular formula is C8H14N4. The number of aromatic nitrogens is 2. The first-order valence-corrected chi connectivity index (χ1v) is 3.84. The van der Waals surface area contributed by atoms with E-state index in [9.17, 15) is 0 Å². The van der Waals surface area contributed by atoms with E-state index in [1.165, 1.54) is 0 Å². The van der Waals surface area contributed by atoms with E-state index in [0.29, 0.717) is 11.6 Å². The number of hydrogen-bond acceptors (Lipinski definition) is 4. The zero-order chi connectivity index (χ0) is 9.19. The molecule has 1 rings (SSSR count). The smallest absolute Gasteiger partial charge is 0.169 e. The van der Waals surface area contributed by atoms with E-state index < -0.39 is 0 Å². The second-order valence-corrected chi connectivity index (χ2v) is 3.67. The molecule has 12 heavy (non-hydrogen) atoms. The predicted octanol–water partition coefficient (Wildman–Crippen LogP) is 1.27. The quantitative estimate of drug-likeness (QED) is 0.659. The summed E-state index contributed by atoms with van der Waals surface area (Å²) in [6.07, 6.45) is 3.19. The lowest BCUT2D eigenvalue weighted by molar-refractivity contribution is 0.630. The molecule has 0 atom stereocenters. The Kier molecular flexibility index (Phi) is 2.17. The molecule has 0 amide bonds. The molecule has 0 aliphatic rings. The number of hydrogen-bond donors (Lipinski definition) is 2. The second kappa shape index (κ2) is 2.97. The van der Waals surface area contributed by atoms with E-state index in [-0.39, 0.29) is 5.54 Å². The van der Waals surface area contributed by atoms with Gasteiger partial charge < -0.3 is 11.1 Å². The van der Waals surface area contributed by atoms with Gasteiger partial charge in [0.2, 0.25) is 0 Å². The number of anilines is 2. The van der Waals surface area contributed by atoms with Crippen LogP contribution in [0.3, 0.4) is 0 Å². The molecule has 0 aliphatic carbocycles. The maximum atomic E-state index is 5.59. The van der Waals surface area contributed by atoms with Crippen LogP contribution in [0.1, 0.15) is 20.8 Å². The third kappa shape index (κ3) is 2.38. The molecule has 3 N–H and O–H groups in total. The summed E-state index contributed by atoms with van der Waals surface area (Å²) in [5, 5.41) is 3.15. The van der Waals surface area contributed by atoms with E-state index in [1.54, 1.807) is 12.4 Å². The van der Waals surface area contributed by atoms with Gasteiger partial charge in [0.15, 0.2) is 11.6 Å². The maximum Gasteiger partial charge on any atom is 0.169 e. The van der Waals surface area contributed by atoms with E-state index in [2.05, 4.69) is 15.3 Å². The summed E-state index contributed by atoms with van der Waals surface area (Å²) in [7, 11) is 0. The van der Waals surface area contributed by atoms with Crippen LogP contribution >= 0.6 is 0 Å². The summed E-state index contributed by atoms with van der Waals surface area (Å²) >= 11 is 0. The molecule has 0 unspecified atom stereocenters.